The molecule has 2 heteroatoms. The Kier molecular flexibility index (Phi) is 3.09. The van der Waals surface area contributed by atoms with E-state index in [0.717, 1.165) is 11.8 Å². The van der Waals surface area contributed by atoms with Crippen LogP contribution in [0.1, 0.15) is 53.4 Å². The molecule has 0 spiro atoms. The Labute approximate surface area is 99.8 Å². The van der Waals surface area contributed by atoms with Crippen LogP contribution in [0.2, 0.25) is 0 Å². The van der Waals surface area contributed by atoms with Crippen molar-refractivity contribution in [2.45, 2.75) is 65.0 Å². The second-order valence-electron chi connectivity index (χ2n) is 7.05. The molecule has 94 valence electrons. The minimum absolute atomic E-state index is 0.427. The monoisotopic (exact) mass is 225 g/mol. The van der Waals surface area contributed by atoms with Crippen molar-refractivity contribution < 1.29 is 5.11 Å². The van der Waals surface area contributed by atoms with Crippen LogP contribution in [0, 0.1) is 17.3 Å². The molecule has 0 aromatic carbocycles. The first-order valence-electron chi connectivity index (χ1n) is 6.78. The molecule has 2 saturated carbocycles. The first-order valence-corrected chi connectivity index (χ1v) is 6.78. The predicted octanol–water partition coefficient (Wildman–Crippen LogP) is 2.56. The molecule has 2 fully saturated rings. The van der Waals surface area contributed by atoms with Crippen LogP contribution in [0.25, 0.3) is 0 Å². The SMILES string of the molecule is CC(C)(O)CNC1[C@@H]2CCCC[C@@H]2C1(C)C. The van der Waals surface area contributed by atoms with Crippen LogP contribution in [-0.4, -0.2) is 23.3 Å². The predicted molar refractivity (Wildman–Crippen MR) is 67.3 cm³/mol. The Morgan fingerprint density at radius 1 is 1.25 bits per heavy atom. The van der Waals surface area contributed by atoms with Crippen LogP contribution >= 0.6 is 0 Å². The number of rotatable bonds is 3. The Bertz CT molecular complexity index is 254. The lowest BCUT2D eigenvalue weighted by Crippen LogP contribution is -2.66. The lowest BCUT2D eigenvalue weighted by Gasteiger charge is -2.61. The summed E-state index contributed by atoms with van der Waals surface area (Å²) in [5, 5.41) is 13.4. The van der Waals surface area contributed by atoms with Crippen molar-refractivity contribution in [2.24, 2.45) is 17.3 Å². The molecule has 0 radical (unpaired) electrons. The number of hydrogen-bond acceptors (Lipinski definition) is 2. The fraction of sp³-hybridized carbons (Fsp3) is 1.00. The van der Waals surface area contributed by atoms with E-state index in [1.807, 2.05) is 13.8 Å². The second-order valence-corrected chi connectivity index (χ2v) is 7.05. The Morgan fingerprint density at radius 2 is 1.88 bits per heavy atom. The molecule has 2 N–H and O–H groups in total. The van der Waals surface area contributed by atoms with E-state index in [1.165, 1.54) is 25.7 Å². The number of fused-ring (bicyclic) bond motifs is 1. The Hall–Kier alpha value is -0.0800. The first kappa shape index (κ1) is 12.4. The molecular formula is C14H27NO. The third-order valence-electron chi connectivity index (χ3n) is 4.76. The van der Waals surface area contributed by atoms with E-state index < -0.39 is 5.60 Å². The summed E-state index contributed by atoms with van der Waals surface area (Å²) >= 11 is 0. The van der Waals surface area contributed by atoms with Gasteiger partial charge in [0.15, 0.2) is 0 Å². The van der Waals surface area contributed by atoms with Crippen molar-refractivity contribution in [3.63, 3.8) is 0 Å². The van der Waals surface area contributed by atoms with Crippen LogP contribution in [0.3, 0.4) is 0 Å². The zero-order valence-corrected chi connectivity index (χ0v) is 11.2. The van der Waals surface area contributed by atoms with Crippen LogP contribution < -0.4 is 5.32 Å². The molecular weight excluding hydrogens is 198 g/mol. The molecule has 0 heterocycles. The number of aliphatic hydroxyl groups is 1. The first-order chi connectivity index (χ1) is 7.32. The minimum atomic E-state index is -0.587. The average Bonchev–Trinajstić information content (AvgIpc) is 2.16. The quantitative estimate of drug-likeness (QED) is 0.773. The van der Waals surface area contributed by atoms with E-state index >= 15 is 0 Å². The van der Waals surface area contributed by atoms with Crippen LogP contribution in [-0.2, 0) is 0 Å². The Morgan fingerprint density at radius 3 is 2.50 bits per heavy atom. The third-order valence-corrected chi connectivity index (χ3v) is 4.76. The summed E-state index contributed by atoms with van der Waals surface area (Å²) in [6.07, 6.45) is 5.62. The van der Waals surface area contributed by atoms with Gasteiger partial charge in [-0.15, -0.1) is 0 Å². The highest BCUT2D eigenvalue weighted by Crippen LogP contribution is 2.57. The van der Waals surface area contributed by atoms with Crippen LogP contribution in [0.5, 0.6) is 0 Å². The molecule has 3 atom stereocenters. The molecule has 2 aliphatic carbocycles. The average molecular weight is 225 g/mol. The van der Waals surface area contributed by atoms with Gasteiger partial charge in [0, 0.05) is 12.6 Å². The van der Waals surface area contributed by atoms with E-state index in [1.54, 1.807) is 0 Å². The summed E-state index contributed by atoms with van der Waals surface area (Å²) in [6, 6.07) is 0.615. The lowest BCUT2D eigenvalue weighted by atomic mass is 9.47. The topological polar surface area (TPSA) is 32.3 Å². The van der Waals surface area contributed by atoms with E-state index in [0.29, 0.717) is 18.0 Å². The molecule has 0 amide bonds. The third kappa shape index (κ3) is 2.14. The van der Waals surface area contributed by atoms with Crippen molar-refractivity contribution in [3.8, 4) is 0 Å². The van der Waals surface area contributed by atoms with Gasteiger partial charge in [0.25, 0.3) is 0 Å². The highest BCUT2D eigenvalue weighted by atomic mass is 16.3. The number of nitrogens with one attached hydrogen (secondary N) is 1. The fourth-order valence-electron chi connectivity index (χ4n) is 3.92. The molecule has 2 rings (SSSR count). The molecule has 16 heavy (non-hydrogen) atoms. The summed E-state index contributed by atoms with van der Waals surface area (Å²) in [4.78, 5) is 0. The van der Waals surface area contributed by atoms with Gasteiger partial charge in [0.1, 0.15) is 0 Å². The van der Waals surface area contributed by atoms with E-state index in [4.69, 9.17) is 0 Å². The fourth-order valence-corrected chi connectivity index (χ4v) is 3.92. The summed E-state index contributed by atoms with van der Waals surface area (Å²) in [5.74, 6) is 1.78. The summed E-state index contributed by atoms with van der Waals surface area (Å²) in [6.45, 7) is 9.25. The van der Waals surface area contributed by atoms with Crippen molar-refractivity contribution >= 4 is 0 Å². The largest absolute Gasteiger partial charge is 0.389 e. The van der Waals surface area contributed by atoms with E-state index in [9.17, 15) is 5.11 Å². The van der Waals surface area contributed by atoms with Gasteiger partial charge in [-0.05, 0) is 43.9 Å². The Balaban J connectivity index is 1.94. The van der Waals surface area contributed by atoms with Gasteiger partial charge in [0.05, 0.1) is 5.60 Å². The highest BCUT2D eigenvalue weighted by Gasteiger charge is 2.55. The maximum Gasteiger partial charge on any atom is 0.0715 e. The number of hydrogen-bond donors (Lipinski definition) is 2. The normalized spacial score (nSPS) is 37.7. The maximum absolute atomic E-state index is 9.79. The van der Waals surface area contributed by atoms with Crippen molar-refractivity contribution in [1.29, 1.82) is 0 Å². The molecule has 0 bridgehead atoms. The molecule has 0 aromatic rings. The van der Waals surface area contributed by atoms with Crippen molar-refractivity contribution in [2.75, 3.05) is 6.54 Å². The second kappa shape index (κ2) is 3.99. The van der Waals surface area contributed by atoms with Gasteiger partial charge >= 0.3 is 0 Å². The minimum Gasteiger partial charge on any atom is -0.389 e. The van der Waals surface area contributed by atoms with Gasteiger partial charge in [-0.3, -0.25) is 0 Å². The van der Waals surface area contributed by atoms with Crippen LogP contribution in [0.4, 0.5) is 0 Å². The smallest absolute Gasteiger partial charge is 0.0715 e. The van der Waals surface area contributed by atoms with Crippen LogP contribution in [0.15, 0.2) is 0 Å². The van der Waals surface area contributed by atoms with E-state index in [-0.39, 0.29) is 0 Å². The zero-order chi connectivity index (χ0) is 12.0. The van der Waals surface area contributed by atoms with Crippen molar-refractivity contribution in [1.82, 2.24) is 5.32 Å². The highest BCUT2D eigenvalue weighted by molar-refractivity contribution is 5.08. The molecule has 0 aromatic heterocycles. The molecule has 1 unspecified atom stereocenters. The van der Waals surface area contributed by atoms with Gasteiger partial charge in [0.2, 0.25) is 0 Å². The van der Waals surface area contributed by atoms with E-state index in [2.05, 4.69) is 19.2 Å². The van der Waals surface area contributed by atoms with Gasteiger partial charge < -0.3 is 10.4 Å². The van der Waals surface area contributed by atoms with Gasteiger partial charge in [-0.2, -0.15) is 0 Å². The summed E-state index contributed by atoms with van der Waals surface area (Å²) in [7, 11) is 0. The van der Waals surface area contributed by atoms with Crippen molar-refractivity contribution in [3.05, 3.63) is 0 Å². The van der Waals surface area contributed by atoms with Gasteiger partial charge in [-0.25, -0.2) is 0 Å². The maximum atomic E-state index is 9.79. The summed E-state index contributed by atoms with van der Waals surface area (Å²) < 4.78 is 0. The summed E-state index contributed by atoms with van der Waals surface area (Å²) in [5.41, 5.74) is -0.161. The van der Waals surface area contributed by atoms with Gasteiger partial charge in [-0.1, -0.05) is 26.7 Å². The molecule has 2 aliphatic rings. The lowest BCUT2D eigenvalue weighted by molar-refractivity contribution is -0.0936. The standard InChI is InChI=1S/C14H27NO/c1-13(2,16)9-15-12-10-7-5-6-8-11(10)14(12,3)4/h10-12,15-16H,5-9H2,1-4H3/t10-,11+,12?/m1/s1. The molecule has 0 aliphatic heterocycles. The molecule has 2 nitrogen and oxygen atoms in total. The zero-order valence-electron chi connectivity index (χ0n) is 11.2. The molecule has 0 saturated heterocycles.